The summed E-state index contributed by atoms with van der Waals surface area (Å²) in [5.41, 5.74) is 2.62. The highest BCUT2D eigenvalue weighted by atomic mass is 32.2. The van der Waals surface area contributed by atoms with E-state index in [0.717, 1.165) is 31.2 Å². The maximum absolute atomic E-state index is 13.4. The number of aryl methyl sites for hydroxylation is 1. The molecule has 2 aromatic heterocycles. The molecule has 1 aliphatic carbocycles. The zero-order valence-electron chi connectivity index (χ0n) is 21.4. The van der Waals surface area contributed by atoms with Crippen LogP contribution in [0.15, 0.2) is 52.4 Å². The van der Waals surface area contributed by atoms with E-state index in [4.69, 9.17) is 0 Å². The summed E-state index contributed by atoms with van der Waals surface area (Å²) in [7, 11) is 0. The van der Waals surface area contributed by atoms with E-state index in [1.54, 1.807) is 27.2 Å². The van der Waals surface area contributed by atoms with Crippen LogP contribution in [0.4, 0.5) is 0 Å². The Morgan fingerprint density at radius 3 is 2.46 bits per heavy atom. The van der Waals surface area contributed by atoms with Gasteiger partial charge in [0.05, 0.1) is 16.7 Å². The lowest BCUT2D eigenvalue weighted by Gasteiger charge is -2.15. The third kappa shape index (κ3) is 5.18. The van der Waals surface area contributed by atoms with Crippen molar-refractivity contribution in [2.24, 2.45) is 5.92 Å². The van der Waals surface area contributed by atoms with Crippen molar-refractivity contribution in [3.8, 4) is 0 Å². The Bertz CT molecular complexity index is 1530. The van der Waals surface area contributed by atoms with Gasteiger partial charge in [-0.05, 0) is 43.9 Å². The second-order valence-electron chi connectivity index (χ2n) is 10.2. The van der Waals surface area contributed by atoms with Gasteiger partial charge < -0.3 is 5.32 Å². The minimum Gasteiger partial charge on any atom is -0.349 e. The Morgan fingerprint density at radius 1 is 1.05 bits per heavy atom. The predicted octanol–water partition coefficient (Wildman–Crippen LogP) is 4.66. The highest BCUT2D eigenvalue weighted by Crippen LogP contribution is 2.24. The Kier molecular flexibility index (Phi) is 7.15. The van der Waals surface area contributed by atoms with Gasteiger partial charge in [-0.2, -0.15) is 0 Å². The molecule has 0 spiro atoms. The summed E-state index contributed by atoms with van der Waals surface area (Å²) < 4.78 is 3.43. The van der Waals surface area contributed by atoms with Gasteiger partial charge in [0, 0.05) is 23.7 Å². The Labute approximate surface area is 219 Å². The first-order chi connectivity index (χ1) is 17.8. The van der Waals surface area contributed by atoms with Crippen LogP contribution in [0.2, 0.25) is 0 Å². The van der Waals surface area contributed by atoms with E-state index in [0.29, 0.717) is 39.5 Å². The van der Waals surface area contributed by atoms with Crippen LogP contribution in [0.5, 0.6) is 0 Å². The number of ketones is 1. The van der Waals surface area contributed by atoms with Crippen molar-refractivity contribution in [3.63, 3.8) is 0 Å². The van der Waals surface area contributed by atoms with Crippen molar-refractivity contribution in [1.29, 1.82) is 0 Å². The number of aromatic nitrogens is 4. The number of nitrogens with one attached hydrogen (secondary N) is 1. The molecule has 9 heteroatoms. The molecule has 1 fully saturated rings. The highest BCUT2D eigenvalue weighted by Gasteiger charge is 2.22. The fraction of sp³-hybridized carbons (Fsp3) is 0.393. The van der Waals surface area contributed by atoms with Gasteiger partial charge in [0.1, 0.15) is 0 Å². The van der Waals surface area contributed by atoms with E-state index in [-0.39, 0.29) is 35.0 Å². The van der Waals surface area contributed by atoms with Gasteiger partial charge in [0.2, 0.25) is 5.78 Å². The lowest BCUT2D eigenvalue weighted by molar-refractivity contribution is 0.0937. The summed E-state index contributed by atoms with van der Waals surface area (Å²) in [5, 5.41) is 12.8. The van der Waals surface area contributed by atoms with E-state index >= 15 is 0 Å². The number of carbonyl (C=O) groups excluding carboxylic acids is 2. The average molecular weight is 518 g/mol. The smallest absolute Gasteiger partial charge is 0.262 e. The summed E-state index contributed by atoms with van der Waals surface area (Å²) in [6.07, 6.45) is 4.23. The van der Waals surface area contributed by atoms with Gasteiger partial charge in [0.15, 0.2) is 10.9 Å². The maximum atomic E-state index is 13.4. The molecular formula is C28H31N5O3S. The van der Waals surface area contributed by atoms with Gasteiger partial charge >= 0.3 is 0 Å². The Morgan fingerprint density at radius 2 is 1.76 bits per heavy atom. The first kappa shape index (κ1) is 25.2. The predicted molar refractivity (Wildman–Crippen MR) is 146 cm³/mol. The second kappa shape index (κ2) is 10.5. The molecule has 0 radical (unpaired) electrons. The fourth-order valence-corrected chi connectivity index (χ4v) is 5.67. The standard InChI is InChI=1S/C28H31N5O3S/c1-17(2)15-32-26(36)22-13-12-20(25(35)29-21-6-4-5-7-21)14-23(22)33-27(32)30-31-28(33)37-16-24(34)19-10-8-18(3)9-11-19/h8-14,17,21H,4-7,15-16H2,1-3H3,(H,29,35). The van der Waals surface area contributed by atoms with Crippen molar-refractivity contribution in [2.45, 2.75) is 64.2 Å². The molecule has 2 aromatic carbocycles. The second-order valence-corrected chi connectivity index (χ2v) is 11.1. The monoisotopic (exact) mass is 517 g/mol. The normalized spacial score (nSPS) is 14.2. The van der Waals surface area contributed by atoms with Gasteiger partial charge in [-0.3, -0.25) is 23.4 Å². The van der Waals surface area contributed by atoms with E-state index in [1.807, 2.05) is 45.0 Å². The largest absolute Gasteiger partial charge is 0.349 e. The Balaban J connectivity index is 1.56. The summed E-state index contributed by atoms with van der Waals surface area (Å²) in [6, 6.07) is 12.8. The number of nitrogens with zero attached hydrogens (tertiary/aromatic N) is 4. The first-order valence-electron chi connectivity index (χ1n) is 12.8. The molecule has 0 aliphatic heterocycles. The molecule has 1 amide bonds. The molecule has 2 heterocycles. The van der Waals surface area contributed by atoms with Gasteiger partial charge in [-0.1, -0.05) is 68.3 Å². The van der Waals surface area contributed by atoms with Crippen LogP contribution in [0.1, 0.15) is 65.8 Å². The van der Waals surface area contributed by atoms with E-state index in [9.17, 15) is 14.4 Å². The zero-order chi connectivity index (χ0) is 26.1. The summed E-state index contributed by atoms with van der Waals surface area (Å²) in [4.78, 5) is 39.3. The third-order valence-electron chi connectivity index (χ3n) is 6.78. The van der Waals surface area contributed by atoms with Crippen LogP contribution < -0.4 is 10.9 Å². The first-order valence-corrected chi connectivity index (χ1v) is 13.8. The van der Waals surface area contributed by atoms with Crippen LogP contribution in [-0.2, 0) is 6.54 Å². The van der Waals surface area contributed by atoms with E-state index in [2.05, 4.69) is 15.5 Å². The van der Waals surface area contributed by atoms with Gasteiger partial charge in [0.25, 0.3) is 11.5 Å². The third-order valence-corrected chi connectivity index (χ3v) is 7.71. The van der Waals surface area contributed by atoms with Crippen molar-refractivity contribution < 1.29 is 9.59 Å². The molecule has 37 heavy (non-hydrogen) atoms. The lowest BCUT2D eigenvalue weighted by atomic mass is 10.1. The molecule has 1 N–H and O–H groups in total. The molecule has 8 nitrogen and oxygen atoms in total. The summed E-state index contributed by atoms with van der Waals surface area (Å²) in [6.45, 7) is 6.54. The number of benzene rings is 2. The van der Waals surface area contributed by atoms with Crippen molar-refractivity contribution in [3.05, 3.63) is 69.5 Å². The number of rotatable bonds is 8. The van der Waals surface area contributed by atoms with E-state index in [1.165, 1.54) is 11.8 Å². The Hall–Kier alpha value is -3.46. The number of fused-ring (bicyclic) bond motifs is 3. The average Bonchev–Trinajstić information content (AvgIpc) is 3.55. The van der Waals surface area contributed by atoms with Gasteiger partial charge in [-0.25, -0.2) is 0 Å². The molecule has 0 bridgehead atoms. The molecular weight excluding hydrogens is 486 g/mol. The van der Waals surface area contributed by atoms with Crippen LogP contribution in [0.3, 0.4) is 0 Å². The molecule has 0 unspecified atom stereocenters. The minimum absolute atomic E-state index is 0.0156. The van der Waals surface area contributed by atoms with Crippen molar-refractivity contribution >= 4 is 40.1 Å². The van der Waals surface area contributed by atoms with E-state index < -0.39 is 0 Å². The maximum Gasteiger partial charge on any atom is 0.262 e. The lowest BCUT2D eigenvalue weighted by Crippen LogP contribution is -2.32. The number of amides is 1. The van der Waals surface area contributed by atoms with Crippen LogP contribution in [0.25, 0.3) is 16.7 Å². The molecule has 5 rings (SSSR count). The number of hydrogen-bond acceptors (Lipinski definition) is 6. The fourth-order valence-electron chi connectivity index (χ4n) is 4.84. The minimum atomic E-state index is -0.168. The molecule has 4 aromatic rings. The molecule has 1 aliphatic rings. The topological polar surface area (TPSA) is 98.4 Å². The van der Waals surface area contributed by atoms with Crippen LogP contribution in [0, 0.1) is 12.8 Å². The number of carbonyl (C=O) groups is 2. The SMILES string of the molecule is Cc1ccc(C(=O)CSc2nnc3n(CC(C)C)c(=O)c4ccc(C(=O)NC5CCCC5)cc4n23)cc1. The summed E-state index contributed by atoms with van der Waals surface area (Å²) >= 11 is 1.28. The molecule has 192 valence electrons. The van der Waals surface area contributed by atoms with Crippen molar-refractivity contribution in [1.82, 2.24) is 24.5 Å². The number of thioether (sulfide) groups is 1. The highest BCUT2D eigenvalue weighted by molar-refractivity contribution is 7.99. The summed E-state index contributed by atoms with van der Waals surface area (Å²) in [5.74, 6) is 0.635. The molecule has 0 atom stereocenters. The van der Waals surface area contributed by atoms with Crippen LogP contribution >= 0.6 is 11.8 Å². The molecule has 1 saturated carbocycles. The quantitative estimate of drug-likeness (QED) is 0.270. The van der Waals surface area contributed by atoms with Crippen LogP contribution in [-0.4, -0.2) is 42.7 Å². The van der Waals surface area contributed by atoms with Gasteiger partial charge in [-0.15, -0.1) is 10.2 Å². The number of hydrogen-bond donors (Lipinski definition) is 1. The number of Topliss-reactive ketones (excluding diaryl/α,β-unsaturated/α-hetero) is 1. The zero-order valence-corrected chi connectivity index (χ0v) is 22.2. The van der Waals surface area contributed by atoms with Crippen molar-refractivity contribution in [2.75, 3.05) is 5.75 Å². The molecule has 0 saturated heterocycles.